The molecule has 29 heavy (non-hydrogen) atoms. The van der Waals surface area contributed by atoms with Crippen LogP contribution in [0.3, 0.4) is 0 Å². The van der Waals surface area contributed by atoms with Gasteiger partial charge in [-0.25, -0.2) is 0 Å². The predicted molar refractivity (Wildman–Crippen MR) is 122 cm³/mol. The first-order valence-electron chi connectivity index (χ1n) is 10.5. The highest BCUT2D eigenvalue weighted by molar-refractivity contribution is 7.04. The fourth-order valence-electron chi connectivity index (χ4n) is 4.99. The molecule has 2 aromatic rings. The lowest BCUT2D eigenvalue weighted by atomic mass is 9.88. The van der Waals surface area contributed by atoms with E-state index >= 15 is 0 Å². The van der Waals surface area contributed by atoms with Crippen molar-refractivity contribution in [3.05, 3.63) is 73.3 Å². The SMILES string of the molecule is C=CCCC1C(=O)C([Si](C)(c2ccccc2)c2ccccc2)CC1(C)OCCO. The number of carbonyl (C=O) groups is 1. The second-order valence-corrected chi connectivity index (χ2v) is 12.7. The Balaban J connectivity index is 2.08. The molecule has 4 heteroatoms. The number of hydrogen-bond donors (Lipinski definition) is 1. The molecule has 1 aliphatic rings. The van der Waals surface area contributed by atoms with Gasteiger partial charge in [-0.2, -0.15) is 0 Å². The number of ether oxygens (including phenoxy) is 1. The first-order chi connectivity index (χ1) is 14.0. The largest absolute Gasteiger partial charge is 0.394 e. The minimum Gasteiger partial charge on any atom is -0.394 e. The maximum absolute atomic E-state index is 13.8. The van der Waals surface area contributed by atoms with Crippen LogP contribution in [0.2, 0.25) is 12.1 Å². The van der Waals surface area contributed by atoms with E-state index in [0.717, 1.165) is 12.8 Å². The van der Waals surface area contributed by atoms with Gasteiger partial charge in [-0.05, 0) is 26.2 Å². The summed E-state index contributed by atoms with van der Waals surface area (Å²) in [4.78, 5) is 13.8. The molecule has 0 heterocycles. The third kappa shape index (κ3) is 4.16. The van der Waals surface area contributed by atoms with Crippen LogP contribution in [0.1, 0.15) is 26.2 Å². The molecule has 0 aromatic heterocycles. The number of allylic oxidation sites excluding steroid dienone is 1. The number of ketones is 1. The Morgan fingerprint density at radius 2 is 1.69 bits per heavy atom. The van der Waals surface area contributed by atoms with Gasteiger partial charge in [0.25, 0.3) is 0 Å². The maximum atomic E-state index is 13.8. The molecule has 3 unspecified atom stereocenters. The van der Waals surface area contributed by atoms with Crippen LogP contribution >= 0.6 is 0 Å². The quantitative estimate of drug-likeness (QED) is 0.510. The Bertz CT molecular complexity index is 781. The zero-order valence-corrected chi connectivity index (χ0v) is 18.5. The minimum atomic E-state index is -2.36. The van der Waals surface area contributed by atoms with Crippen molar-refractivity contribution >= 4 is 24.2 Å². The summed E-state index contributed by atoms with van der Waals surface area (Å²) >= 11 is 0. The van der Waals surface area contributed by atoms with Gasteiger partial charge >= 0.3 is 0 Å². The Labute approximate surface area is 175 Å². The molecule has 154 valence electrons. The fourth-order valence-corrected chi connectivity index (χ4v) is 9.48. The van der Waals surface area contributed by atoms with Crippen LogP contribution in [0, 0.1) is 5.92 Å². The number of aliphatic hydroxyl groups is 1. The summed E-state index contributed by atoms with van der Waals surface area (Å²) < 4.78 is 6.13. The van der Waals surface area contributed by atoms with Crippen molar-refractivity contribution in [2.75, 3.05) is 13.2 Å². The zero-order valence-electron chi connectivity index (χ0n) is 17.5. The number of rotatable bonds is 9. The van der Waals surface area contributed by atoms with Gasteiger partial charge in [-0.1, -0.05) is 83.7 Å². The van der Waals surface area contributed by atoms with Crippen LogP contribution in [-0.4, -0.2) is 37.8 Å². The molecule has 0 aliphatic heterocycles. The Hall–Kier alpha value is -2.01. The fraction of sp³-hybridized carbons (Fsp3) is 0.400. The van der Waals surface area contributed by atoms with Crippen LogP contribution < -0.4 is 10.4 Å². The molecule has 1 aliphatic carbocycles. The van der Waals surface area contributed by atoms with Crippen molar-refractivity contribution in [3.63, 3.8) is 0 Å². The second kappa shape index (κ2) is 9.20. The van der Waals surface area contributed by atoms with Gasteiger partial charge < -0.3 is 9.84 Å². The number of carbonyl (C=O) groups excluding carboxylic acids is 1. The second-order valence-electron chi connectivity index (χ2n) is 8.40. The van der Waals surface area contributed by atoms with Crippen molar-refractivity contribution in [2.24, 2.45) is 5.92 Å². The van der Waals surface area contributed by atoms with Crippen molar-refractivity contribution in [1.82, 2.24) is 0 Å². The van der Waals surface area contributed by atoms with Gasteiger partial charge in [0.05, 0.1) is 18.8 Å². The van der Waals surface area contributed by atoms with Crippen molar-refractivity contribution in [3.8, 4) is 0 Å². The van der Waals surface area contributed by atoms with E-state index in [9.17, 15) is 9.90 Å². The lowest BCUT2D eigenvalue weighted by molar-refractivity contribution is -0.128. The molecular weight excluding hydrogens is 376 g/mol. The van der Waals surface area contributed by atoms with Gasteiger partial charge in [0.15, 0.2) is 0 Å². The summed E-state index contributed by atoms with van der Waals surface area (Å²) in [6.45, 7) is 8.44. The van der Waals surface area contributed by atoms with Crippen LogP contribution in [0.4, 0.5) is 0 Å². The molecule has 1 N–H and O–H groups in total. The summed E-state index contributed by atoms with van der Waals surface area (Å²) in [5.41, 5.74) is -0.614. The first kappa shape index (κ1) is 21.7. The molecule has 0 spiro atoms. The molecule has 1 fully saturated rings. The van der Waals surface area contributed by atoms with E-state index in [1.165, 1.54) is 10.4 Å². The van der Waals surface area contributed by atoms with Crippen LogP contribution in [0.25, 0.3) is 0 Å². The molecule has 3 nitrogen and oxygen atoms in total. The lowest BCUT2D eigenvalue weighted by Crippen LogP contribution is -2.60. The van der Waals surface area contributed by atoms with E-state index in [-0.39, 0.29) is 24.7 Å². The van der Waals surface area contributed by atoms with E-state index in [2.05, 4.69) is 68.6 Å². The Kier molecular flexibility index (Phi) is 6.88. The molecule has 3 atom stereocenters. The molecule has 3 rings (SSSR count). The highest BCUT2D eigenvalue weighted by Gasteiger charge is 2.57. The van der Waals surface area contributed by atoms with Crippen molar-refractivity contribution in [1.29, 1.82) is 0 Å². The van der Waals surface area contributed by atoms with Crippen molar-refractivity contribution in [2.45, 2.75) is 43.9 Å². The van der Waals surface area contributed by atoms with Gasteiger partial charge in [0.1, 0.15) is 13.9 Å². The average molecular weight is 409 g/mol. The summed E-state index contributed by atoms with van der Waals surface area (Å²) in [6.07, 6.45) is 4.10. The van der Waals surface area contributed by atoms with E-state index in [4.69, 9.17) is 4.74 Å². The summed E-state index contributed by atoms with van der Waals surface area (Å²) in [5.74, 6) is 0.144. The van der Waals surface area contributed by atoms with Gasteiger partial charge in [-0.15, -0.1) is 6.58 Å². The molecule has 0 amide bonds. The minimum absolute atomic E-state index is 0.0330. The lowest BCUT2D eigenvalue weighted by Gasteiger charge is -2.35. The number of benzene rings is 2. The highest BCUT2D eigenvalue weighted by Crippen LogP contribution is 2.48. The van der Waals surface area contributed by atoms with Crippen LogP contribution in [-0.2, 0) is 9.53 Å². The predicted octanol–water partition coefficient (Wildman–Crippen LogP) is 3.57. The molecule has 0 saturated heterocycles. The first-order valence-corrected chi connectivity index (χ1v) is 13.1. The summed E-state index contributed by atoms with van der Waals surface area (Å²) in [7, 11) is -2.36. The molecular formula is C25H32O3Si. The summed E-state index contributed by atoms with van der Waals surface area (Å²) in [6, 6.07) is 21.0. The normalized spacial score (nSPS) is 24.6. The molecule has 0 radical (unpaired) electrons. The average Bonchev–Trinajstić information content (AvgIpc) is 3.02. The van der Waals surface area contributed by atoms with Crippen LogP contribution in [0.15, 0.2) is 73.3 Å². The number of aliphatic hydroxyl groups excluding tert-OH is 1. The third-order valence-corrected chi connectivity index (χ3v) is 11.6. The van der Waals surface area contributed by atoms with Gasteiger partial charge in [0.2, 0.25) is 0 Å². The highest BCUT2D eigenvalue weighted by atomic mass is 28.3. The maximum Gasteiger partial charge on any atom is 0.140 e. The van der Waals surface area contributed by atoms with Gasteiger partial charge in [0, 0.05) is 11.5 Å². The van der Waals surface area contributed by atoms with Crippen molar-refractivity contribution < 1.29 is 14.6 Å². The third-order valence-electron chi connectivity index (χ3n) is 6.66. The molecule has 1 saturated carbocycles. The number of Topliss-reactive ketones (excluding diaryl/α,β-unsaturated/α-hetero) is 1. The molecule has 0 bridgehead atoms. The number of hydrogen-bond acceptors (Lipinski definition) is 3. The van der Waals surface area contributed by atoms with Gasteiger partial charge in [-0.3, -0.25) is 4.79 Å². The standard InChI is InChI=1S/C25H32O3Si/c1-4-5-16-22-24(27)23(19-25(22,2)28-18-17-26)29(3,20-12-8-6-9-13-20)21-14-10-7-11-15-21/h4,6-15,22-23,26H,1,5,16-19H2,2-3H3. The van der Waals surface area contributed by atoms with E-state index in [0.29, 0.717) is 12.2 Å². The van der Waals surface area contributed by atoms with E-state index < -0.39 is 13.7 Å². The van der Waals surface area contributed by atoms with Crippen LogP contribution in [0.5, 0.6) is 0 Å². The molecule has 2 aromatic carbocycles. The Morgan fingerprint density at radius 3 is 2.17 bits per heavy atom. The summed E-state index contributed by atoms with van der Waals surface area (Å²) in [5, 5.41) is 11.9. The zero-order chi connectivity index (χ0) is 20.9. The topological polar surface area (TPSA) is 46.5 Å². The van der Waals surface area contributed by atoms with E-state index in [1.54, 1.807) is 0 Å². The monoisotopic (exact) mass is 408 g/mol. The smallest absolute Gasteiger partial charge is 0.140 e. The Morgan fingerprint density at radius 1 is 1.14 bits per heavy atom. The van der Waals surface area contributed by atoms with E-state index in [1.807, 2.05) is 18.2 Å².